The molecule has 16 heavy (non-hydrogen) atoms. The third-order valence-corrected chi connectivity index (χ3v) is 2.98. The maximum absolute atomic E-state index is 11.5. The lowest BCUT2D eigenvalue weighted by molar-refractivity contribution is -0.158. The maximum atomic E-state index is 11.5. The van der Waals surface area contributed by atoms with Gasteiger partial charge >= 0.3 is 11.9 Å². The molecule has 0 radical (unpaired) electrons. The van der Waals surface area contributed by atoms with E-state index in [1.807, 2.05) is 13.8 Å². The molecule has 1 atom stereocenters. The molecule has 0 aromatic rings. The summed E-state index contributed by atoms with van der Waals surface area (Å²) in [5, 5.41) is 17.7. The smallest absolute Gasteiger partial charge is 0.318 e. The first kappa shape index (κ1) is 12.7. The fraction of sp³-hybridized carbons (Fsp3) is 0.727. The van der Waals surface area contributed by atoms with Crippen LogP contribution in [0.5, 0.6) is 0 Å². The lowest BCUT2D eigenvalue weighted by atomic mass is 9.68. The molecule has 1 aliphatic rings. The first-order chi connectivity index (χ1) is 7.23. The molecule has 0 amide bonds. The molecular weight excluding hydrogens is 212 g/mol. The molecule has 0 saturated heterocycles. The number of ketones is 1. The van der Waals surface area contributed by atoms with E-state index in [2.05, 4.69) is 0 Å². The van der Waals surface area contributed by atoms with Gasteiger partial charge in [-0.3, -0.25) is 14.4 Å². The minimum atomic E-state index is -1.47. The molecule has 0 aliphatic heterocycles. The molecule has 5 heteroatoms. The van der Waals surface area contributed by atoms with Crippen LogP contribution in [0.15, 0.2) is 0 Å². The summed E-state index contributed by atoms with van der Waals surface area (Å²) in [5.74, 6) is -4.82. The van der Waals surface area contributed by atoms with E-state index in [1.54, 1.807) is 0 Å². The highest BCUT2D eigenvalue weighted by molar-refractivity contribution is 5.94. The largest absolute Gasteiger partial charge is 0.481 e. The molecule has 0 heterocycles. The summed E-state index contributed by atoms with van der Waals surface area (Å²) in [6, 6.07) is 0. The second-order valence-corrected chi connectivity index (χ2v) is 5.20. The molecule has 0 unspecified atom stereocenters. The van der Waals surface area contributed by atoms with Crippen molar-refractivity contribution >= 4 is 17.7 Å². The van der Waals surface area contributed by atoms with E-state index >= 15 is 0 Å². The number of hydrogen-bond donors (Lipinski definition) is 2. The van der Waals surface area contributed by atoms with Gasteiger partial charge in [-0.05, 0) is 17.8 Å². The molecule has 90 valence electrons. The third-order valence-electron chi connectivity index (χ3n) is 2.98. The number of aliphatic carboxylic acids is 2. The molecule has 2 N–H and O–H groups in total. The molecule has 0 spiro atoms. The van der Waals surface area contributed by atoms with Crippen LogP contribution in [0.25, 0.3) is 0 Å². The van der Waals surface area contributed by atoms with Crippen LogP contribution >= 0.6 is 0 Å². The van der Waals surface area contributed by atoms with Crippen molar-refractivity contribution < 1.29 is 24.6 Å². The minimum Gasteiger partial charge on any atom is -0.481 e. The monoisotopic (exact) mass is 228 g/mol. The predicted octanol–water partition coefficient (Wildman–Crippen LogP) is 1.17. The summed E-state index contributed by atoms with van der Waals surface area (Å²) >= 11 is 0. The Kier molecular flexibility index (Phi) is 3.35. The van der Waals surface area contributed by atoms with E-state index in [9.17, 15) is 14.4 Å². The summed E-state index contributed by atoms with van der Waals surface area (Å²) in [4.78, 5) is 33.2. The van der Waals surface area contributed by atoms with Crippen molar-refractivity contribution in [2.24, 2.45) is 17.3 Å². The molecule has 5 nitrogen and oxygen atoms in total. The van der Waals surface area contributed by atoms with E-state index in [1.165, 1.54) is 0 Å². The van der Waals surface area contributed by atoms with Crippen LogP contribution in [-0.2, 0) is 14.4 Å². The van der Waals surface area contributed by atoms with Gasteiger partial charge in [0.05, 0.1) is 0 Å². The second-order valence-electron chi connectivity index (χ2n) is 5.20. The standard InChI is InChI=1S/C11H16O5/c1-11(2)4-6(3-7(12)5-11)8(9(13)14)10(15)16/h6,8H,3-5H2,1-2H3,(H,13,14)(H,15,16)/t6-/m0/s1. The molecular formula is C11H16O5. The Morgan fingerprint density at radius 1 is 1.31 bits per heavy atom. The maximum Gasteiger partial charge on any atom is 0.318 e. The van der Waals surface area contributed by atoms with Gasteiger partial charge in [0, 0.05) is 12.8 Å². The van der Waals surface area contributed by atoms with Crippen LogP contribution in [0, 0.1) is 17.3 Å². The van der Waals surface area contributed by atoms with Crippen molar-refractivity contribution in [3.05, 3.63) is 0 Å². The normalized spacial score (nSPS) is 24.4. The molecule has 1 saturated carbocycles. The van der Waals surface area contributed by atoms with Crippen molar-refractivity contribution in [1.82, 2.24) is 0 Å². The number of rotatable bonds is 3. The van der Waals surface area contributed by atoms with Crippen molar-refractivity contribution in [2.45, 2.75) is 33.1 Å². The molecule has 0 bridgehead atoms. The lowest BCUT2D eigenvalue weighted by Crippen LogP contribution is -2.39. The van der Waals surface area contributed by atoms with Crippen molar-refractivity contribution in [3.8, 4) is 0 Å². The topological polar surface area (TPSA) is 91.7 Å². The Morgan fingerprint density at radius 2 is 1.81 bits per heavy atom. The Balaban J connectivity index is 2.89. The Morgan fingerprint density at radius 3 is 2.19 bits per heavy atom. The van der Waals surface area contributed by atoms with Gasteiger partial charge in [0.1, 0.15) is 5.78 Å². The van der Waals surface area contributed by atoms with Gasteiger partial charge < -0.3 is 10.2 Å². The zero-order valence-electron chi connectivity index (χ0n) is 9.40. The average molecular weight is 228 g/mol. The van der Waals surface area contributed by atoms with Gasteiger partial charge in [0.2, 0.25) is 0 Å². The predicted molar refractivity (Wildman–Crippen MR) is 54.9 cm³/mol. The summed E-state index contributed by atoms with van der Waals surface area (Å²) in [6.07, 6.45) is 0.921. The zero-order valence-corrected chi connectivity index (χ0v) is 9.40. The van der Waals surface area contributed by atoms with E-state index in [0.29, 0.717) is 12.8 Å². The highest BCUT2D eigenvalue weighted by atomic mass is 16.4. The van der Waals surface area contributed by atoms with Crippen LogP contribution in [0.1, 0.15) is 33.1 Å². The van der Waals surface area contributed by atoms with Gasteiger partial charge in [0.25, 0.3) is 0 Å². The first-order valence-corrected chi connectivity index (χ1v) is 5.20. The number of hydrogen-bond acceptors (Lipinski definition) is 3. The van der Waals surface area contributed by atoms with Crippen molar-refractivity contribution in [3.63, 3.8) is 0 Å². The van der Waals surface area contributed by atoms with Crippen LogP contribution < -0.4 is 0 Å². The number of carbonyl (C=O) groups is 3. The quantitative estimate of drug-likeness (QED) is 0.707. The Hall–Kier alpha value is -1.39. The summed E-state index contributed by atoms with van der Waals surface area (Å²) < 4.78 is 0. The number of carboxylic acids is 2. The van der Waals surface area contributed by atoms with E-state index in [-0.39, 0.29) is 17.6 Å². The van der Waals surface area contributed by atoms with Gasteiger partial charge in [-0.2, -0.15) is 0 Å². The first-order valence-electron chi connectivity index (χ1n) is 5.20. The summed E-state index contributed by atoms with van der Waals surface area (Å²) in [5.41, 5.74) is -0.302. The average Bonchev–Trinajstić information content (AvgIpc) is 1.96. The molecule has 1 rings (SSSR count). The Bertz CT molecular complexity index is 317. The molecule has 0 aromatic carbocycles. The van der Waals surface area contributed by atoms with Gasteiger partial charge in [0.15, 0.2) is 5.92 Å². The fourth-order valence-corrected chi connectivity index (χ4v) is 2.50. The molecule has 0 aromatic heterocycles. The van der Waals surface area contributed by atoms with Crippen LogP contribution in [-0.4, -0.2) is 27.9 Å². The van der Waals surface area contributed by atoms with E-state index < -0.39 is 23.8 Å². The zero-order chi connectivity index (χ0) is 12.5. The summed E-state index contributed by atoms with van der Waals surface area (Å²) in [6.45, 7) is 3.72. The van der Waals surface area contributed by atoms with Crippen LogP contribution in [0.3, 0.4) is 0 Å². The molecule has 1 aliphatic carbocycles. The van der Waals surface area contributed by atoms with Gasteiger partial charge in [-0.1, -0.05) is 13.8 Å². The highest BCUT2D eigenvalue weighted by Gasteiger charge is 2.42. The summed E-state index contributed by atoms with van der Waals surface area (Å²) in [7, 11) is 0. The number of carbonyl (C=O) groups excluding carboxylic acids is 1. The molecule has 1 fully saturated rings. The second kappa shape index (κ2) is 4.23. The van der Waals surface area contributed by atoms with Crippen molar-refractivity contribution in [1.29, 1.82) is 0 Å². The van der Waals surface area contributed by atoms with Crippen molar-refractivity contribution in [2.75, 3.05) is 0 Å². The number of carboxylic acid groups (broad SMARTS) is 2. The highest BCUT2D eigenvalue weighted by Crippen LogP contribution is 2.40. The van der Waals surface area contributed by atoms with Gasteiger partial charge in [-0.25, -0.2) is 0 Å². The Labute approximate surface area is 93.5 Å². The lowest BCUT2D eigenvalue weighted by Gasteiger charge is -2.35. The van der Waals surface area contributed by atoms with E-state index in [4.69, 9.17) is 10.2 Å². The van der Waals surface area contributed by atoms with Crippen LogP contribution in [0.4, 0.5) is 0 Å². The van der Waals surface area contributed by atoms with E-state index in [0.717, 1.165) is 0 Å². The third kappa shape index (κ3) is 2.81. The SMILES string of the molecule is CC1(C)CC(=O)C[C@H](C(C(=O)O)C(=O)O)C1. The van der Waals surface area contributed by atoms with Crippen LogP contribution in [0.2, 0.25) is 0 Å². The number of Topliss-reactive ketones (excluding diaryl/α,β-unsaturated/α-hetero) is 1. The minimum absolute atomic E-state index is 0.0475. The van der Waals surface area contributed by atoms with Gasteiger partial charge in [-0.15, -0.1) is 0 Å². The fourth-order valence-electron chi connectivity index (χ4n) is 2.50.